The second-order valence-corrected chi connectivity index (χ2v) is 8.82. The lowest BCUT2D eigenvalue weighted by molar-refractivity contribution is 0.0958. The number of pyridine rings is 3. The van der Waals surface area contributed by atoms with Gasteiger partial charge in [-0.15, -0.1) is 0 Å². The van der Waals surface area contributed by atoms with Gasteiger partial charge in [0.05, 0.1) is 23.5 Å². The van der Waals surface area contributed by atoms with Crippen LogP contribution in [-0.4, -0.2) is 65.0 Å². The molecule has 0 bridgehead atoms. The number of nitrogens with zero attached hydrogens (tertiary/aromatic N) is 4. The molecule has 5 rings (SSSR count). The molecule has 0 radical (unpaired) electrons. The van der Waals surface area contributed by atoms with Crippen molar-refractivity contribution in [3.05, 3.63) is 64.3 Å². The molecule has 8 nitrogen and oxygen atoms in total. The minimum Gasteiger partial charge on any atom is -0.370 e. The minimum absolute atomic E-state index is 0.184. The number of hydrogen-bond donors (Lipinski definition) is 2. The Kier molecular flexibility index (Phi) is 5.80. The van der Waals surface area contributed by atoms with Crippen LogP contribution in [0.15, 0.2) is 41.6 Å². The fraction of sp³-hybridized carbons (Fsp3) is 0.417. The number of fused-ring (bicyclic) bond motifs is 1. The van der Waals surface area contributed by atoms with Crippen molar-refractivity contribution in [2.24, 2.45) is 0 Å². The standard InChI is InChI=1S/C24H27FN6O2/c1-26-24(33)21-3-2-17(11-28-21)30-8-5-16(6-9-30)31-7-4-15(14-31)22-10-18-19(23(32)29-22)12-27-13-20(18)25/h2-3,10-13,15-16H,4-9,14H2,1H3,(H,26,33)(H,29,32). The lowest BCUT2D eigenvalue weighted by Crippen LogP contribution is -2.44. The monoisotopic (exact) mass is 450 g/mol. The van der Waals surface area contributed by atoms with Gasteiger partial charge in [0.25, 0.3) is 11.5 Å². The molecule has 0 aliphatic carbocycles. The predicted octanol–water partition coefficient (Wildman–Crippen LogP) is 2.28. The summed E-state index contributed by atoms with van der Waals surface area (Å²) >= 11 is 0. The molecule has 9 heteroatoms. The maximum atomic E-state index is 14.2. The van der Waals surface area contributed by atoms with Crippen LogP contribution in [0.3, 0.4) is 0 Å². The zero-order chi connectivity index (χ0) is 22.9. The zero-order valence-corrected chi connectivity index (χ0v) is 18.6. The molecule has 5 heterocycles. The highest BCUT2D eigenvalue weighted by Crippen LogP contribution is 2.31. The van der Waals surface area contributed by atoms with Gasteiger partial charge in [0, 0.05) is 55.9 Å². The largest absolute Gasteiger partial charge is 0.370 e. The molecule has 2 aliphatic heterocycles. The number of hydrogen-bond acceptors (Lipinski definition) is 6. The molecule has 2 N–H and O–H groups in total. The van der Waals surface area contributed by atoms with E-state index in [2.05, 4.69) is 30.1 Å². The first-order valence-corrected chi connectivity index (χ1v) is 11.4. The molecule has 0 saturated carbocycles. The van der Waals surface area contributed by atoms with Gasteiger partial charge in [-0.05, 0) is 44.0 Å². The van der Waals surface area contributed by atoms with Crippen LogP contribution in [0.5, 0.6) is 0 Å². The Morgan fingerprint density at radius 3 is 2.67 bits per heavy atom. The molecule has 1 atom stereocenters. The first-order chi connectivity index (χ1) is 16.0. The first-order valence-electron chi connectivity index (χ1n) is 11.4. The highest BCUT2D eigenvalue weighted by atomic mass is 19.1. The van der Waals surface area contributed by atoms with Crippen LogP contribution in [-0.2, 0) is 0 Å². The van der Waals surface area contributed by atoms with E-state index in [1.54, 1.807) is 25.4 Å². The predicted molar refractivity (Wildman–Crippen MR) is 124 cm³/mol. The number of aromatic nitrogens is 3. The normalized spacial score (nSPS) is 19.8. The number of aromatic amines is 1. The summed E-state index contributed by atoms with van der Waals surface area (Å²) in [5, 5.41) is 3.22. The fourth-order valence-corrected chi connectivity index (χ4v) is 5.08. The van der Waals surface area contributed by atoms with Gasteiger partial charge in [0.1, 0.15) is 11.5 Å². The van der Waals surface area contributed by atoms with E-state index in [9.17, 15) is 14.0 Å². The molecule has 33 heavy (non-hydrogen) atoms. The third kappa shape index (κ3) is 4.20. The summed E-state index contributed by atoms with van der Waals surface area (Å²) in [5.74, 6) is -0.454. The maximum absolute atomic E-state index is 14.2. The molecule has 2 saturated heterocycles. The van der Waals surface area contributed by atoms with Crippen LogP contribution in [0.1, 0.15) is 41.4 Å². The van der Waals surface area contributed by atoms with Crippen molar-refractivity contribution in [2.45, 2.75) is 31.2 Å². The number of rotatable bonds is 4. The van der Waals surface area contributed by atoms with Crippen LogP contribution < -0.4 is 15.8 Å². The molecular formula is C24H27FN6O2. The van der Waals surface area contributed by atoms with Crippen molar-refractivity contribution < 1.29 is 9.18 Å². The summed E-state index contributed by atoms with van der Waals surface area (Å²) in [4.78, 5) is 39.9. The second kappa shape index (κ2) is 8.90. The first kappa shape index (κ1) is 21.5. The van der Waals surface area contributed by atoms with Crippen molar-refractivity contribution in [3.63, 3.8) is 0 Å². The van der Waals surface area contributed by atoms with Crippen molar-refractivity contribution in [1.29, 1.82) is 0 Å². The average molecular weight is 451 g/mol. The maximum Gasteiger partial charge on any atom is 0.269 e. The number of nitrogens with one attached hydrogen (secondary N) is 2. The van der Waals surface area contributed by atoms with Gasteiger partial charge < -0.3 is 15.2 Å². The van der Waals surface area contributed by atoms with Crippen molar-refractivity contribution in [1.82, 2.24) is 25.2 Å². The van der Waals surface area contributed by atoms with Gasteiger partial charge in [0.15, 0.2) is 0 Å². The summed E-state index contributed by atoms with van der Waals surface area (Å²) in [5.41, 5.74) is 1.98. The van der Waals surface area contributed by atoms with Crippen molar-refractivity contribution >= 4 is 22.4 Å². The lowest BCUT2D eigenvalue weighted by Gasteiger charge is -2.37. The number of halogens is 1. The van der Waals surface area contributed by atoms with Gasteiger partial charge in [-0.2, -0.15) is 0 Å². The van der Waals surface area contributed by atoms with E-state index >= 15 is 0 Å². The van der Waals surface area contributed by atoms with E-state index in [0.29, 0.717) is 22.5 Å². The molecule has 0 spiro atoms. The van der Waals surface area contributed by atoms with E-state index in [0.717, 1.165) is 63.0 Å². The summed E-state index contributed by atoms with van der Waals surface area (Å²) < 4.78 is 14.2. The highest BCUT2D eigenvalue weighted by Gasteiger charge is 2.32. The number of amides is 1. The van der Waals surface area contributed by atoms with Gasteiger partial charge in [-0.3, -0.25) is 19.5 Å². The average Bonchev–Trinajstić information content (AvgIpc) is 3.35. The Balaban J connectivity index is 1.22. The van der Waals surface area contributed by atoms with E-state index in [1.165, 1.54) is 6.20 Å². The van der Waals surface area contributed by atoms with Crippen LogP contribution in [0, 0.1) is 5.82 Å². The van der Waals surface area contributed by atoms with Crippen LogP contribution >= 0.6 is 0 Å². The van der Waals surface area contributed by atoms with Gasteiger partial charge in [0.2, 0.25) is 0 Å². The van der Waals surface area contributed by atoms with Crippen molar-refractivity contribution in [3.8, 4) is 0 Å². The smallest absolute Gasteiger partial charge is 0.269 e. The third-order valence-electron chi connectivity index (χ3n) is 6.95. The number of carbonyl (C=O) groups excluding carboxylic acids is 1. The van der Waals surface area contributed by atoms with Gasteiger partial charge in [-0.25, -0.2) is 9.37 Å². The van der Waals surface area contributed by atoms with Crippen LogP contribution in [0.25, 0.3) is 10.8 Å². The van der Waals surface area contributed by atoms with Gasteiger partial charge >= 0.3 is 0 Å². The molecule has 0 aromatic carbocycles. The van der Waals surface area contributed by atoms with Crippen molar-refractivity contribution in [2.75, 3.05) is 38.1 Å². The third-order valence-corrected chi connectivity index (χ3v) is 6.95. The Morgan fingerprint density at radius 1 is 1.12 bits per heavy atom. The zero-order valence-electron chi connectivity index (χ0n) is 18.6. The Hall–Kier alpha value is -3.33. The number of piperidine rings is 1. The fourth-order valence-electron chi connectivity index (χ4n) is 5.08. The molecule has 3 aromatic rings. The molecule has 1 amide bonds. The van der Waals surface area contributed by atoms with Crippen LogP contribution in [0.4, 0.5) is 10.1 Å². The molecule has 172 valence electrons. The van der Waals surface area contributed by atoms with Gasteiger partial charge in [-0.1, -0.05) is 0 Å². The van der Waals surface area contributed by atoms with E-state index in [1.807, 2.05) is 6.07 Å². The minimum atomic E-state index is -0.458. The Bertz CT molecular complexity index is 1220. The second-order valence-electron chi connectivity index (χ2n) is 8.82. The number of likely N-dealkylation sites (tertiary alicyclic amines) is 1. The van der Waals surface area contributed by atoms with E-state index < -0.39 is 5.82 Å². The highest BCUT2D eigenvalue weighted by molar-refractivity contribution is 5.92. The number of carbonyl (C=O) groups is 1. The van der Waals surface area contributed by atoms with E-state index in [-0.39, 0.29) is 17.4 Å². The summed E-state index contributed by atoms with van der Waals surface area (Å²) in [6, 6.07) is 5.97. The molecule has 2 aliphatic rings. The molecule has 2 fully saturated rings. The Labute approximate surface area is 190 Å². The number of anilines is 1. The quantitative estimate of drug-likeness (QED) is 0.633. The molecular weight excluding hydrogens is 423 g/mol. The summed E-state index contributed by atoms with van der Waals surface area (Å²) in [6.45, 7) is 3.69. The Morgan fingerprint density at radius 2 is 1.94 bits per heavy atom. The summed E-state index contributed by atoms with van der Waals surface area (Å²) in [7, 11) is 1.60. The lowest BCUT2D eigenvalue weighted by atomic mass is 10.0. The van der Waals surface area contributed by atoms with Crippen LogP contribution in [0.2, 0.25) is 0 Å². The summed E-state index contributed by atoms with van der Waals surface area (Å²) in [6.07, 6.45) is 7.36. The molecule has 1 unspecified atom stereocenters. The number of H-pyrrole nitrogens is 1. The topological polar surface area (TPSA) is 94.2 Å². The SMILES string of the molecule is CNC(=O)c1ccc(N2CCC(N3CCC(c4cc5c(F)cncc5c(=O)[nH]4)C3)CC2)cn1. The van der Waals surface area contributed by atoms with E-state index in [4.69, 9.17) is 0 Å². The molecule has 3 aromatic heterocycles.